The molecule has 10 nitrogen and oxygen atoms in total. The number of nitrogens with zero attached hydrogens (tertiary/aromatic N) is 3. The molecule has 0 atom stereocenters. The second kappa shape index (κ2) is 10.4. The van der Waals surface area contributed by atoms with Gasteiger partial charge in [0.15, 0.2) is 17.3 Å². The van der Waals surface area contributed by atoms with Crippen molar-refractivity contribution in [3.05, 3.63) is 68.4 Å². The van der Waals surface area contributed by atoms with Crippen LogP contribution in [0.25, 0.3) is 16.9 Å². The molecule has 2 heterocycles. The number of nitrogens with one attached hydrogen (secondary N) is 1. The molecule has 13 heteroatoms. The summed E-state index contributed by atoms with van der Waals surface area (Å²) < 4.78 is 45.7. The lowest BCUT2D eigenvalue weighted by Gasteiger charge is -2.16. The van der Waals surface area contributed by atoms with Crippen molar-refractivity contribution in [2.24, 2.45) is 0 Å². The number of imidazole rings is 1. The molecule has 37 heavy (non-hydrogen) atoms. The van der Waals surface area contributed by atoms with Crippen LogP contribution in [-0.2, 0) is 17.8 Å². The van der Waals surface area contributed by atoms with Crippen molar-refractivity contribution >= 4 is 28.7 Å². The van der Waals surface area contributed by atoms with Crippen LogP contribution in [0, 0.1) is 18.6 Å². The molecule has 2 aromatic heterocycles. The maximum atomic E-state index is 14.5. The van der Waals surface area contributed by atoms with Crippen molar-refractivity contribution < 1.29 is 32.9 Å². The second-order valence-electron chi connectivity index (χ2n) is 7.88. The van der Waals surface area contributed by atoms with E-state index in [1.807, 2.05) is 0 Å². The van der Waals surface area contributed by atoms with Gasteiger partial charge in [-0.2, -0.15) is 4.98 Å². The average Bonchev–Trinajstić information content (AvgIpc) is 3.18. The first-order chi connectivity index (χ1) is 17.6. The van der Waals surface area contributed by atoms with Gasteiger partial charge in [0.25, 0.3) is 0 Å². The molecular formula is C24H21ClF2N4O6. The maximum absolute atomic E-state index is 14.5. The van der Waals surface area contributed by atoms with Crippen molar-refractivity contribution in [2.75, 3.05) is 14.2 Å². The van der Waals surface area contributed by atoms with E-state index in [0.29, 0.717) is 11.4 Å². The minimum atomic E-state index is -1.15. The van der Waals surface area contributed by atoms with Crippen LogP contribution in [0.1, 0.15) is 23.4 Å². The number of aromatic nitrogens is 4. The molecule has 0 amide bonds. The van der Waals surface area contributed by atoms with E-state index in [4.69, 9.17) is 30.9 Å². The monoisotopic (exact) mass is 534 g/mol. The summed E-state index contributed by atoms with van der Waals surface area (Å²) in [5.41, 5.74) is 0.163. The number of carbonyl (C=O) groups is 1. The molecule has 0 fully saturated rings. The molecule has 2 N–H and O–H groups in total. The van der Waals surface area contributed by atoms with Crippen LogP contribution in [0.3, 0.4) is 0 Å². The lowest BCUT2D eigenvalue weighted by molar-refractivity contribution is -0.136. The number of ether oxygens (including phenoxy) is 3. The second-order valence-corrected chi connectivity index (χ2v) is 8.29. The van der Waals surface area contributed by atoms with Crippen LogP contribution >= 0.6 is 11.6 Å². The molecule has 0 aliphatic heterocycles. The first kappa shape index (κ1) is 25.9. The third-order valence-corrected chi connectivity index (χ3v) is 5.84. The SMILES string of the molecule is COc1ccc(F)c(F)c1COc1cc(-n2c(=O)[nH]c3c(OC)nc(C)nc32)c(Cl)cc1CCC(=O)O. The molecule has 0 aliphatic rings. The molecule has 2 aromatic carbocycles. The maximum Gasteiger partial charge on any atom is 0.332 e. The highest BCUT2D eigenvalue weighted by Gasteiger charge is 2.21. The summed E-state index contributed by atoms with van der Waals surface area (Å²) in [6.07, 6.45) is -0.231. The number of benzene rings is 2. The van der Waals surface area contributed by atoms with Gasteiger partial charge in [-0.15, -0.1) is 0 Å². The minimum Gasteiger partial charge on any atom is -0.496 e. The Morgan fingerprint density at radius 2 is 1.92 bits per heavy atom. The number of rotatable bonds is 9. The molecule has 4 aromatic rings. The molecule has 0 aliphatic carbocycles. The molecular weight excluding hydrogens is 514 g/mol. The molecule has 0 bridgehead atoms. The van der Waals surface area contributed by atoms with E-state index >= 15 is 0 Å². The molecule has 0 unspecified atom stereocenters. The summed E-state index contributed by atoms with van der Waals surface area (Å²) in [5.74, 6) is -2.65. The fraction of sp³-hybridized carbons (Fsp3) is 0.250. The number of carboxylic acids is 1. The Labute approximate surface area is 213 Å². The highest BCUT2D eigenvalue weighted by atomic mass is 35.5. The number of halogens is 3. The van der Waals surface area contributed by atoms with Crippen molar-refractivity contribution in [1.82, 2.24) is 19.5 Å². The van der Waals surface area contributed by atoms with E-state index in [1.54, 1.807) is 6.92 Å². The highest BCUT2D eigenvalue weighted by molar-refractivity contribution is 6.32. The van der Waals surface area contributed by atoms with Crippen LogP contribution < -0.4 is 19.9 Å². The molecule has 194 valence electrons. The number of methoxy groups -OCH3 is 2. The third-order valence-electron chi connectivity index (χ3n) is 5.53. The van der Waals surface area contributed by atoms with Gasteiger partial charge in [-0.1, -0.05) is 11.6 Å². The van der Waals surface area contributed by atoms with E-state index in [9.17, 15) is 18.4 Å². The van der Waals surface area contributed by atoms with Crippen LogP contribution in [0.15, 0.2) is 29.1 Å². The van der Waals surface area contributed by atoms with Crippen molar-refractivity contribution in [3.8, 4) is 23.1 Å². The zero-order valence-corrected chi connectivity index (χ0v) is 20.7. The standard InChI is InChI=1S/C24H21ClF2N4O6/c1-11-28-22-21(23(29-11)36-3)30-24(34)31(22)16-9-18(12(8-14(16)25)4-7-19(32)33)37-10-13-17(35-2)6-5-15(26)20(13)27/h5-6,8-9H,4,7,10H2,1-3H3,(H,30,34)(H,32,33). The number of fused-ring (bicyclic) bond motifs is 1. The Kier molecular flexibility index (Phi) is 7.30. The Morgan fingerprint density at radius 3 is 2.59 bits per heavy atom. The predicted molar refractivity (Wildman–Crippen MR) is 129 cm³/mol. The topological polar surface area (TPSA) is 129 Å². The largest absolute Gasteiger partial charge is 0.496 e. The number of carboxylic acid groups (broad SMARTS) is 1. The summed E-state index contributed by atoms with van der Waals surface area (Å²) in [5, 5.41) is 9.25. The predicted octanol–water partition coefficient (Wildman–Crippen LogP) is 3.96. The van der Waals surface area contributed by atoms with Crippen molar-refractivity contribution in [2.45, 2.75) is 26.4 Å². The molecule has 0 radical (unpaired) electrons. The zero-order valence-electron chi connectivity index (χ0n) is 19.9. The Morgan fingerprint density at radius 1 is 1.16 bits per heavy atom. The number of H-pyrrole nitrogens is 1. The first-order valence-corrected chi connectivity index (χ1v) is 11.2. The molecule has 0 spiro atoms. The van der Waals surface area contributed by atoms with Gasteiger partial charge in [0.2, 0.25) is 5.88 Å². The Balaban J connectivity index is 1.85. The van der Waals surface area contributed by atoms with Gasteiger partial charge < -0.3 is 19.3 Å². The molecule has 0 saturated heterocycles. The average molecular weight is 535 g/mol. The lowest BCUT2D eigenvalue weighted by Crippen LogP contribution is -2.16. The van der Waals surface area contributed by atoms with Gasteiger partial charge in [0, 0.05) is 12.5 Å². The van der Waals surface area contributed by atoms with Crippen LogP contribution in [0.4, 0.5) is 8.78 Å². The minimum absolute atomic E-state index is 0.0192. The van der Waals surface area contributed by atoms with E-state index < -0.39 is 29.9 Å². The first-order valence-electron chi connectivity index (χ1n) is 10.9. The van der Waals surface area contributed by atoms with Crippen molar-refractivity contribution in [3.63, 3.8) is 0 Å². The van der Waals surface area contributed by atoms with Crippen LogP contribution in [-0.4, -0.2) is 44.8 Å². The van der Waals surface area contributed by atoms with E-state index in [2.05, 4.69) is 15.0 Å². The Hall–Kier alpha value is -4.19. The van der Waals surface area contributed by atoms with Crippen LogP contribution in [0.5, 0.6) is 17.4 Å². The van der Waals surface area contributed by atoms with Gasteiger partial charge in [-0.25, -0.2) is 23.1 Å². The third kappa shape index (κ3) is 5.05. The summed E-state index contributed by atoms with van der Waals surface area (Å²) in [4.78, 5) is 35.2. The number of hydrogen-bond donors (Lipinski definition) is 2. The number of hydrogen-bond acceptors (Lipinski definition) is 7. The van der Waals surface area contributed by atoms with Gasteiger partial charge in [0.05, 0.1) is 30.5 Å². The van der Waals surface area contributed by atoms with Gasteiger partial charge >= 0.3 is 11.7 Å². The Bertz CT molecular complexity index is 1570. The van der Waals surface area contributed by atoms with E-state index in [1.165, 1.54) is 37.0 Å². The van der Waals surface area contributed by atoms with Crippen LogP contribution in [0.2, 0.25) is 5.02 Å². The van der Waals surface area contributed by atoms with Gasteiger partial charge in [0.1, 0.15) is 29.4 Å². The molecule has 0 saturated carbocycles. The summed E-state index contributed by atoms with van der Waals surface area (Å²) in [6.45, 7) is 1.17. The molecule has 4 rings (SSSR count). The van der Waals surface area contributed by atoms with Gasteiger partial charge in [-0.05, 0) is 37.1 Å². The van der Waals surface area contributed by atoms with Gasteiger partial charge in [-0.3, -0.25) is 9.78 Å². The summed E-state index contributed by atoms with van der Waals surface area (Å²) in [7, 11) is 2.70. The highest BCUT2D eigenvalue weighted by Crippen LogP contribution is 2.34. The lowest BCUT2D eigenvalue weighted by atomic mass is 10.1. The smallest absolute Gasteiger partial charge is 0.332 e. The number of aryl methyl sites for hydroxylation is 2. The zero-order chi connectivity index (χ0) is 26.9. The number of aromatic amines is 1. The quantitative estimate of drug-likeness (QED) is 0.330. The normalized spacial score (nSPS) is 11.1. The fourth-order valence-corrected chi connectivity index (χ4v) is 4.08. The van der Waals surface area contributed by atoms with Crippen molar-refractivity contribution in [1.29, 1.82) is 0 Å². The van der Waals surface area contributed by atoms with E-state index in [-0.39, 0.29) is 57.7 Å². The number of aliphatic carboxylic acids is 1. The fourth-order valence-electron chi connectivity index (χ4n) is 3.81. The summed E-state index contributed by atoms with van der Waals surface area (Å²) in [6, 6.07) is 5.04. The summed E-state index contributed by atoms with van der Waals surface area (Å²) >= 11 is 6.52. The van der Waals surface area contributed by atoms with E-state index in [0.717, 1.165) is 6.07 Å².